The van der Waals surface area contributed by atoms with Gasteiger partial charge in [-0.05, 0) is 48.2 Å². The minimum absolute atomic E-state index is 0.0751. The largest absolute Gasteiger partial charge is 0.494 e. The lowest BCUT2D eigenvalue weighted by Crippen LogP contribution is -2.39. The van der Waals surface area contributed by atoms with Crippen molar-refractivity contribution >= 4 is 33.2 Å². The molecule has 1 saturated heterocycles. The number of nitrogens with zero attached hydrogens (tertiary/aromatic N) is 1. The van der Waals surface area contributed by atoms with Gasteiger partial charge in [0.2, 0.25) is 0 Å². The van der Waals surface area contributed by atoms with Crippen molar-refractivity contribution in [2.24, 2.45) is 11.7 Å². The first-order valence-corrected chi connectivity index (χ1v) is 8.01. The summed E-state index contributed by atoms with van der Waals surface area (Å²) in [4.78, 5) is 16.2. The van der Waals surface area contributed by atoms with Gasteiger partial charge in [-0.15, -0.1) is 11.3 Å². The molecule has 0 unspecified atom stereocenters. The smallest absolute Gasteiger partial charge is 0.267 e. The molecule has 0 aromatic carbocycles. The van der Waals surface area contributed by atoms with Crippen LogP contribution in [0.3, 0.4) is 0 Å². The number of piperidine rings is 1. The van der Waals surface area contributed by atoms with Crippen LogP contribution in [-0.2, 0) is 0 Å². The summed E-state index contributed by atoms with van der Waals surface area (Å²) >= 11 is 4.96. The van der Waals surface area contributed by atoms with Gasteiger partial charge >= 0.3 is 0 Å². The van der Waals surface area contributed by atoms with Gasteiger partial charge in [0.05, 0.1) is 11.6 Å². The summed E-state index contributed by atoms with van der Waals surface area (Å²) in [5.41, 5.74) is 5.68. The first kappa shape index (κ1) is 14.8. The molecule has 6 heteroatoms. The molecule has 1 aromatic rings. The summed E-state index contributed by atoms with van der Waals surface area (Å²) in [6.07, 6.45) is 1.99. The number of ether oxygens (including phenoxy) is 1. The van der Waals surface area contributed by atoms with Crippen molar-refractivity contribution < 1.29 is 9.53 Å². The maximum absolute atomic E-state index is 12.5. The second kappa shape index (κ2) is 6.24. The third-order valence-corrected chi connectivity index (χ3v) is 5.90. The summed E-state index contributed by atoms with van der Waals surface area (Å²) in [5, 5.41) is 0. The quantitative estimate of drug-likeness (QED) is 0.915. The molecule has 2 heterocycles. The van der Waals surface area contributed by atoms with Gasteiger partial charge in [-0.3, -0.25) is 4.79 Å². The summed E-state index contributed by atoms with van der Waals surface area (Å²) in [7, 11) is 1.60. The SMILES string of the molecule is COc1c(C(=O)N2CCC(CN)CC2)sc(C)c1Br. The first-order chi connectivity index (χ1) is 9.08. The van der Waals surface area contributed by atoms with Crippen molar-refractivity contribution in [2.75, 3.05) is 26.7 Å². The maximum Gasteiger partial charge on any atom is 0.267 e. The van der Waals surface area contributed by atoms with E-state index >= 15 is 0 Å². The van der Waals surface area contributed by atoms with Gasteiger partial charge in [-0.2, -0.15) is 0 Å². The second-order valence-electron chi connectivity index (χ2n) is 4.81. The number of likely N-dealkylation sites (tertiary alicyclic amines) is 1. The summed E-state index contributed by atoms with van der Waals surface area (Å²) in [6, 6.07) is 0. The lowest BCUT2D eigenvalue weighted by molar-refractivity contribution is 0.0695. The summed E-state index contributed by atoms with van der Waals surface area (Å²) < 4.78 is 6.24. The van der Waals surface area contributed by atoms with E-state index in [1.165, 1.54) is 11.3 Å². The fourth-order valence-electron chi connectivity index (χ4n) is 2.34. The molecule has 1 amide bonds. The molecule has 1 fully saturated rings. The highest BCUT2D eigenvalue weighted by Crippen LogP contribution is 2.40. The van der Waals surface area contributed by atoms with Crippen LogP contribution in [0.5, 0.6) is 5.75 Å². The highest BCUT2D eigenvalue weighted by molar-refractivity contribution is 9.10. The summed E-state index contributed by atoms with van der Waals surface area (Å²) in [5.74, 6) is 1.29. The number of rotatable bonds is 3. The molecule has 0 atom stereocenters. The van der Waals surface area contributed by atoms with E-state index in [9.17, 15) is 4.79 Å². The predicted octanol–water partition coefficient (Wildman–Crippen LogP) is 2.64. The minimum Gasteiger partial charge on any atom is -0.494 e. The van der Waals surface area contributed by atoms with Crippen molar-refractivity contribution in [1.82, 2.24) is 4.90 Å². The van der Waals surface area contributed by atoms with E-state index in [0.717, 1.165) is 41.8 Å². The van der Waals surface area contributed by atoms with E-state index in [1.54, 1.807) is 7.11 Å². The fraction of sp³-hybridized carbons (Fsp3) is 0.615. The van der Waals surface area contributed by atoms with Crippen LogP contribution in [0.25, 0.3) is 0 Å². The number of thiophene rings is 1. The lowest BCUT2D eigenvalue weighted by atomic mass is 9.97. The van der Waals surface area contributed by atoms with Crippen molar-refractivity contribution in [3.05, 3.63) is 14.2 Å². The van der Waals surface area contributed by atoms with Gasteiger partial charge < -0.3 is 15.4 Å². The molecule has 19 heavy (non-hydrogen) atoms. The molecular weight excluding hydrogens is 328 g/mol. The van der Waals surface area contributed by atoms with Crippen LogP contribution in [0, 0.1) is 12.8 Å². The standard InChI is InChI=1S/C13H19BrN2O2S/c1-8-10(14)11(18-2)12(19-8)13(17)16-5-3-9(7-15)4-6-16/h9H,3-7,15H2,1-2H3. The molecule has 4 nitrogen and oxygen atoms in total. The number of halogens is 1. The van der Waals surface area contributed by atoms with Crippen LogP contribution in [0.2, 0.25) is 0 Å². The molecule has 0 radical (unpaired) electrons. The molecular formula is C13H19BrN2O2S. The van der Waals surface area contributed by atoms with E-state index in [-0.39, 0.29) is 5.91 Å². The normalized spacial score (nSPS) is 16.7. The van der Waals surface area contributed by atoms with Gasteiger partial charge in [-0.1, -0.05) is 0 Å². The molecule has 1 aliphatic rings. The van der Waals surface area contributed by atoms with Gasteiger partial charge in [0, 0.05) is 18.0 Å². The average molecular weight is 347 g/mol. The van der Waals surface area contributed by atoms with Crippen molar-refractivity contribution in [3.63, 3.8) is 0 Å². The molecule has 0 spiro atoms. The average Bonchev–Trinajstić information content (AvgIpc) is 2.73. The molecule has 0 saturated carbocycles. The van der Waals surface area contributed by atoms with Gasteiger partial charge in [-0.25, -0.2) is 0 Å². The van der Waals surface area contributed by atoms with Gasteiger partial charge in [0.25, 0.3) is 5.91 Å². The Kier molecular flexibility index (Phi) is 4.86. The van der Waals surface area contributed by atoms with Crippen molar-refractivity contribution in [2.45, 2.75) is 19.8 Å². The number of nitrogens with two attached hydrogens (primary N) is 1. The zero-order valence-corrected chi connectivity index (χ0v) is 13.6. The monoisotopic (exact) mass is 346 g/mol. The molecule has 1 aliphatic heterocycles. The van der Waals surface area contributed by atoms with Crippen LogP contribution in [-0.4, -0.2) is 37.6 Å². The van der Waals surface area contributed by atoms with E-state index in [4.69, 9.17) is 10.5 Å². The number of aryl methyl sites for hydroxylation is 1. The van der Waals surface area contributed by atoms with Gasteiger partial charge in [0.15, 0.2) is 5.75 Å². The summed E-state index contributed by atoms with van der Waals surface area (Å²) in [6.45, 7) is 4.28. The third-order valence-electron chi connectivity index (χ3n) is 3.60. The van der Waals surface area contributed by atoms with Crippen LogP contribution >= 0.6 is 27.3 Å². The Bertz CT molecular complexity index is 467. The Balaban J connectivity index is 2.14. The Morgan fingerprint density at radius 3 is 2.68 bits per heavy atom. The predicted molar refractivity (Wildman–Crippen MR) is 81.0 cm³/mol. The minimum atomic E-state index is 0.0751. The molecule has 0 aliphatic carbocycles. The fourth-order valence-corrected chi connectivity index (χ4v) is 4.06. The number of hydrogen-bond acceptors (Lipinski definition) is 4. The van der Waals surface area contributed by atoms with Crippen LogP contribution in [0.4, 0.5) is 0 Å². The molecule has 0 bridgehead atoms. The number of amides is 1. The van der Waals surface area contributed by atoms with Crippen molar-refractivity contribution in [3.8, 4) is 5.75 Å². The molecule has 1 aromatic heterocycles. The first-order valence-electron chi connectivity index (χ1n) is 6.40. The third kappa shape index (κ3) is 2.95. The van der Waals surface area contributed by atoms with Crippen LogP contribution in [0.15, 0.2) is 4.47 Å². The zero-order chi connectivity index (χ0) is 14.0. The van der Waals surface area contributed by atoms with Crippen LogP contribution in [0.1, 0.15) is 27.4 Å². The highest BCUT2D eigenvalue weighted by atomic mass is 79.9. The number of hydrogen-bond donors (Lipinski definition) is 1. The van der Waals surface area contributed by atoms with Crippen LogP contribution < -0.4 is 10.5 Å². The molecule has 2 rings (SSSR count). The number of methoxy groups -OCH3 is 1. The molecule has 106 valence electrons. The Labute approximate surface area is 126 Å². The van der Waals surface area contributed by atoms with E-state index in [1.807, 2.05) is 11.8 Å². The maximum atomic E-state index is 12.5. The van der Waals surface area contributed by atoms with Gasteiger partial charge in [0.1, 0.15) is 4.88 Å². The molecule has 2 N–H and O–H groups in total. The number of carbonyl (C=O) groups is 1. The lowest BCUT2D eigenvalue weighted by Gasteiger charge is -2.31. The Morgan fingerprint density at radius 2 is 2.16 bits per heavy atom. The highest BCUT2D eigenvalue weighted by Gasteiger charge is 2.28. The van der Waals surface area contributed by atoms with E-state index in [2.05, 4.69) is 15.9 Å². The Morgan fingerprint density at radius 1 is 1.53 bits per heavy atom. The van der Waals surface area contributed by atoms with E-state index in [0.29, 0.717) is 16.5 Å². The topological polar surface area (TPSA) is 55.6 Å². The Hall–Kier alpha value is -0.590. The number of carbonyl (C=O) groups excluding carboxylic acids is 1. The van der Waals surface area contributed by atoms with Crippen molar-refractivity contribution in [1.29, 1.82) is 0 Å². The van der Waals surface area contributed by atoms with E-state index < -0.39 is 0 Å². The second-order valence-corrected chi connectivity index (χ2v) is 6.82. The zero-order valence-electron chi connectivity index (χ0n) is 11.2.